The van der Waals surface area contributed by atoms with Gasteiger partial charge in [0.1, 0.15) is 5.75 Å². The third kappa shape index (κ3) is 4.68. The van der Waals surface area contributed by atoms with Gasteiger partial charge < -0.3 is 15.4 Å². The number of allylic oxidation sites excluding steroid dienone is 2. The third-order valence-electron chi connectivity index (χ3n) is 4.60. The number of para-hydroxylation sites is 1. The first-order chi connectivity index (χ1) is 13.1. The zero-order chi connectivity index (χ0) is 19.2. The van der Waals surface area contributed by atoms with Crippen LogP contribution in [0.3, 0.4) is 0 Å². The quantitative estimate of drug-likeness (QED) is 0.745. The summed E-state index contributed by atoms with van der Waals surface area (Å²) in [6, 6.07) is 14.2. The standard InChI is InChI=1S/C21H21ClN2O3/c1-27-15-12-10-14(11-13-15)23-20(25)16-6-2-3-7-17(16)21(26)24-19-9-5-4-8-18(19)22/h2-5,8-13,16-17H,6-7H2,1H3,(H,23,25)(H,24,26)/t16-,17-/m0/s1. The molecule has 0 fully saturated rings. The van der Waals surface area contributed by atoms with Crippen LogP contribution in [-0.4, -0.2) is 18.9 Å². The van der Waals surface area contributed by atoms with Crippen molar-refractivity contribution in [2.75, 3.05) is 17.7 Å². The molecular formula is C21H21ClN2O3. The Bertz CT molecular complexity index is 849. The van der Waals surface area contributed by atoms with Gasteiger partial charge in [-0.3, -0.25) is 9.59 Å². The van der Waals surface area contributed by atoms with Crippen molar-refractivity contribution in [2.24, 2.45) is 11.8 Å². The molecule has 0 unspecified atom stereocenters. The number of benzene rings is 2. The number of ether oxygens (including phenoxy) is 1. The van der Waals surface area contributed by atoms with Gasteiger partial charge in [0.25, 0.3) is 0 Å². The van der Waals surface area contributed by atoms with Crippen LogP contribution in [-0.2, 0) is 9.59 Å². The minimum Gasteiger partial charge on any atom is -0.497 e. The number of anilines is 2. The number of hydrogen-bond acceptors (Lipinski definition) is 3. The molecule has 6 heteroatoms. The second kappa shape index (κ2) is 8.73. The van der Waals surface area contributed by atoms with Crippen molar-refractivity contribution in [2.45, 2.75) is 12.8 Å². The molecule has 27 heavy (non-hydrogen) atoms. The van der Waals surface area contributed by atoms with Gasteiger partial charge in [-0.05, 0) is 49.2 Å². The SMILES string of the molecule is COc1ccc(NC(=O)[C@H]2CC=CC[C@@H]2C(=O)Nc2ccccc2Cl)cc1. The highest BCUT2D eigenvalue weighted by atomic mass is 35.5. The molecule has 0 heterocycles. The maximum Gasteiger partial charge on any atom is 0.228 e. The monoisotopic (exact) mass is 384 g/mol. The molecule has 0 saturated heterocycles. The minimum atomic E-state index is -0.454. The van der Waals surface area contributed by atoms with E-state index in [0.29, 0.717) is 35.0 Å². The fourth-order valence-electron chi connectivity index (χ4n) is 3.09. The Labute approximate surface area is 163 Å². The van der Waals surface area contributed by atoms with Crippen LogP contribution in [0.4, 0.5) is 11.4 Å². The molecule has 0 aromatic heterocycles. The molecule has 2 aromatic rings. The third-order valence-corrected chi connectivity index (χ3v) is 4.92. The van der Waals surface area contributed by atoms with Gasteiger partial charge in [0, 0.05) is 5.69 Å². The van der Waals surface area contributed by atoms with Gasteiger partial charge >= 0.3 is 0 Å². The summed E-state index contributed by atoms with van der Waals surface area (Å²) in [5.41, 5.74) is 1.22. The largest absolute Gasteiger partial charge is 0.497 e. The Kier molecular flexibility index (Phi) is 6.14. The van der Waals surface area contributed by atoms with Crippen LogP contribution in [0, 0.1) is 11.8 Å². The van der Waals surface area contributed by atoms with E-state index in [4.69, 9.17) is 16.3 Å². The Balaban J connectivity index is 1.70. The Morgan fingerprint density at radius 3 is 2.11 bits per heavy atom. The van der Waals surface area contributed by atoms with E-state index in [1.807, 2.05) is 12.2 Å². The molecule has 2 aromatic carbocycles. The number of halogens is 1. The van der Waals surface area contributed by atoms with Crippen molar-refractivity contribution >= 4 is 34.8 Å². The first-order valence-corrected chi connectivity index (χ1v) is 9.11. The topological polar surface area (TPSA) is 67.4 Å². The van der Waals surface area contributed by atoms with E-state index >= 15 is 0 Å². The van der Waals surface area contributed by atoms with Crippen molar-refractivity contribution in [3.63, 3.8) is 0 Å². The van der Waals surface area contributed by atoms with Gasteiger partial charge in [0.2, 0.25) is 11.8 Å². The number of nitrogens with one attached hydrogen (secondary N) is 2. The predicted octanol–water partition coefficient (Wildman–Crippen LogP) is 4.51. The van der Waals surface area contributed by atoms with Crippen LogP contribution in [0.15, 0.2) is 60.7 Å². The predicted molar refractivity (Wildman–Crippen MR) is 107 cm³/mol. The zero-order valence-corrected chi connectivity index (χ0v) is 15.7. The van der Waals surface area contributed by atoms with E-state index in [0.717, 1.165) is 0 Å². The van der Waals surface area contributed by atoms with Crippen molar-refractivity contribution in [1.82, 2.24) is 0 Å². The van der Waals surface area contributed by atoms with Crippen LogP contribution < -0.4 is 15.4 Å². The van der Waals surface area contributed by atoms with Crippen LogP contribution >= 0.6 is 11.6 Å². The summed E-state index contributed by atoms with van der Waals surface area (Å²) in [4.78, 5) is 25.5. The summed E-state index contributed by atoms with van der Waals surface area (Å²) in [5, 5.41) is 6.20. The lowest BCUT2D eigenvalue weighted by atomic mass is 9.81. The molecule has 1 aliphatic carbocycles. The lowest BCUT2D eigenvalue weighted by Crippen LogP contribution is -2.37. The summed E-state index contributed by atoms with van der Waals surface area (Å²) in [6.07, 6.45) is 4.91. The van der Waals surface area contributed by atoms with E-state index in [1.54, 1.807) is 55.6 Å². The van der Waals surface area contributed by atoms with Crippen LogP contribution in [0.5, 0.6) is 5.75 Å². The number of carbonyl (C=O) groups excluding carboxylic acids is 2. The zero-order valence-electron chi connectivity index (χ0n) is 14.9. The van der Waals surface area contributed by atoms with Gasteiger partial charge in [-0.1, -0.05) is 35.9 Å². The summed E-state index contributed by atoms with van der Waals surface area (Å²) >= 11 is 6.12. The molecule has 3 rings (SSSR count). The number of hydrogen-bond donors (Lipinski definition) is 2. The number of rotatable bonds is 5. The molecule has 2 N–H and O–H groups in total. The van der Waals surface area contributed by atoms with Crippen molar-refractivity contribution in [1.29, 1.82) is 0 Å². The average molecular weight is 385 g/mol. The van der Waals surface area contributed by atoms with Gasteiger partial charge in [-0.2, -0.15) is 0 Å². The van der Waals surface area contributed by atoms with Crippen LogP contribution in [0.2, 0.25) is 5.02 Å². The van der Waals surface area contributed by atoms with Gasteiger partial charge in [-0.25, -0.2) is 0 Å². The second-order valence-electron chi connectivity index (χ2n) is 6.34. The first-order valence-electron chi connectivity index (χ1n) is 8.74. The van der Waals surface area contributed by atoms with Crippen LogP contribution in [0.1, 0.15) is 12.8 Å². The Morgan fingerprint density at radius 1 is 0.926 bits per heavy atom. The van der Waals surface area contributed by atoms with E-state index in [2.05, 4.69) is 10.6 Å². The number of carbonyl (C=O) groups is 2. The number of amides is 2. The molecule has 5 nitrogen and oxygen atoms in total. The molecule has 2 amide bonds. The molecule has 0 spiro atoms. The molecule has 0 bridgehead atoms. The molecule has 2 atom stereocenters. The summed E-state index contributed by atoms with van der Waals surface area (Å²) in [5.74, 6) is -0.569. The first kappa shape index (κ1) is 19.0. The highest BCUT2D eigenvalue weighted by molar-refractivity contribution is 6.33. The molecular weight excluding hydrogens is 364 g/mol. The highest BCUT2D eigenvalue weighted by Gasteiger charge is 2.34. The lowest BCUT2D eigenvalue weighted by Gasteiger charge is -2.27. The lowest BCUT2D eigenvalue weighted by molar-refractivity contribution is -0.129. The summed E-state index contributed by atoms with van der Waals surface area (Å²) in [6.45, 7) is 0. The van der Waals surface area contributed by atoms with E-state index < -0.39 is 11.8 Å². The van der Waals surface area contributed by atoms with Gasteiger partial charge in [0.05, 0.1) is 29.7 Å². The molecule has 0 saturated carbocycles. The maximum absolute atomic E-state index is 12.8. The fraction of sp³-hybridized carbons (Fsp3) is 0.238. The summed E-state index contributed by atoms with van der Waals surface area (Å²) < 4.78 is 5.12. The molecule has 1 aliphatic rings. The molecule has 140 valence electrons. The smallest absolute Gasteiger partial charge is 0.228 e. The van der Waals surface area contributed by atoms with Crippen molar-refractivity contribution in [3.8, 4) is 5.75 Å². The van der Waals surface area contributed by atoms with Gasteiger partial charge in [-0.15, -0.1) is 0 Å². The minimum absolute atomic E-state index is 0.177. The molecule has 0 aliphatic heterocycles. The van der Waals surface area contributed by atoms with E-state index in [-0.39, 0.29) is 11.8 Å². The van der Waals surface area contributed by atoms with Crippen molar-refractivity contribution in [3.05, 3.63) is 65.7 Å². The average Bonchev–Trinajstić information content (AvgIpc) is 2.70. The summed E-state index contributed by atoms with van der Waals surface area (Å²) in [7, 11) is 1.59. The Hall–Kier alpha value is -2.79. The highest BCUT2D eigenvalue weighted by Crippen LogP contribution is 2.30. The normalized spacial score (nSPS) is 18.6. The van der Waals surface area contributed by atoms with E-state index in [1.165, 1.54) is 0 Å². The maximum atomic E-state index is 12.8. The van der Waals surface area contributed by atoms with Crippen LogP contribution in [0.25, 0.3) is 0 Å². The fourth-order valence-corrected chi connectivity index (χ4v) is 3.27. The number of methoxy groups -OCH3 is 1. The molecule has 0 radical (unpaired) electrons. The van der Waals surface area contributed by atoms with Gasteiger partial charge in [0.15, 0.2) is 0 Å². The van der Waals surface area contributed by atoms with Crippen molar-refractivity contribution < 1.29 is 14.3 Å². The Morgan fingerprint density at radius 2 is 1.52 bits per heavy atom. The van der Waals surface area contributed by atoms with E-state index in [9.17, 15) is 9.59 Å². The second-order valence-corrected chi connectivity index (χ2v) is 6.75.